The molecular weight excluding hydrogens is 359 g/mol. The third kappa shape index (κ3) is 4.24. The van der Waals surface area contributed by atoms with E-state index >= 15 is 0 Å². The van der Waals surface area contributed by atoms with Gasteiger partial charge in [0.25, 0.3) is 0 Å². The first-order valence-electron chi connectivity index (χ1n) is 8.36. The van der Waals surface area contributed by atoms with E-state index in [0.717, 1.165) is 28.7 Å². The molecule has 0 atom stereocenters. The van der Waals surface area contributed by atoms with Crippen LogP contribution < -0.4 is 4.74 Å². The minimum Gasteiger partial charge on any atom is -0.465 e. The van der Waals surface area contributed by atoms with Crippen LogP contribution in [-0.4, -0.2) is 24.0 Å². The predicted molar refractivity (Wildman–Crippen MR) is 94.9 cm³/mol. The van der Waals surface area contributed by atoms with Gasteiger partial charge in [0.2, 0.25) is 0 Å². The van der Waals surface area contributed by atoms with Gasteiger partial charge in [-0.2, -0.15) is 0 Å². The van der Waals surface area contributed by atoms with Crippen LogP contribution in [0.3, 0.4) is 0 Å². The number of rotatable bonds is 5. The Hall–Kier alpha value is -2.96. The van der Waals surface area contributed by atoms with Gasteiger partial charge in [-0.15, -0.1) is 13.2 Å². The van der Waals surface area contributed by atoms with Crippen molar-refractivity contribution in [2.75, 3.05) is 7.11 Å². The lowest BCUT2D eigenvalue weighted by Gasteiger charge is -2.10. The Morgan fingerprint density at radius 2 is 1.78 bits per heavy atom. The summed E-state index contributed by atoms with van der Waals surface area (Å²) in [4.78, 5) is 11.7. The number of nitrogens with zero attached hydrogens (tertiary/aromatic N) is 1. The van der Waals surface area contributed by atoms with Gasteiger partial charge in [0.05, 0.1) is 12.7 Å². The van der Waals surface area contributed by atoms with E-state index in [1.165, 1.54) is 19.2 Å². The molecule has 0 aliphatic heterocycles. The Morgan fingerprint density at radius 1 is 1.07 bits per heavy atom. The highest BCUT2D eigenvalue weighted by Crippen LogP contribution is 2.26. The average molecular weight is 377 g/mol. The molecular formula is C20H18F3NO3. The van der Waals surface area contributed by atoms with Gasteiger partial charge in [-0.05, 0) is 48.9 Å². The Labute approximate surface area is 154 Å². The van der Waals surface area contributed by atoms with Crippen molar-refractivity contribution in [3.05, 3.63) is 65.4 Å². The van der Waals surface area contributed by atoms with Crippen molar-refractivity contribution in [1.82, 2.24) is 4.57 Å². The average Bonchev–Trinajstić information content (AvgIpc) is 2.97. The number of esters is 1. The molecule has 0 aliphatic rings. The normalized spacial score (nSPS) is 11.6. The molecule has 0 radical (unpaired) electrons. The van der Waals surface area contributed by atoms with Crippen molar-refractivity contribution in [2.45, 2.75) is 26.3 Å². The number of aryl methyl sites for hydroxylation is 1. The number of aromatic nitrogens is 1. The molecule has 0 bridgehead atoms. The highest BCUT2D eigenvalue weighted by molar-refractivity contribution is 5.95. The Morgan fingerprint density at radius 3 is 2.37 bits per heavy atom. The van der Waals surface area contributed by atoms with Crippen molar-refractivity contribution in [3.8, 4) is 5.75 Å². The quantitative estimate of drug-likeness (QED) is 0.592. The lowest BCUT2D eigenvalue weighted by Crippen LogP contribution is -2.17. The molecule has 4 nitrogen and oxygen atoms in total. The van der Waals surface area contributed by atoms with Gasteiger partial charge < -0.3 is 14.0 Å². The second-order valence-electron chi connectivity index (χ2n) is 6.01. The maximum atomic E-state index is 12.3. The number of carbonyl (C=O) groups is 1. The fourth-order valence-corrected chi connectivity index (χ4v) is 3.11. The number of benzene rings is 2. The highest BCUT2D eigenvalue weighted by Gasteiger charge is 2.30. The topological polar surface area (TPSA) is 40.5 Å². The Bertz CT molecular complexity index is 959. The van der Waals surface area contributed by atoms with Crippen LogP contribution in [0.15, 0.2) is 48.5 Å². The molecule has 0 aliphatic carbocycles. The number of fused-ring (bicyclic) bond motifs is 1. The van der Waals surface area contributed by atoms with Gasteiger partial charge in [0.15, 0.2) is 0 Å². The smallest absolute Gasteiger partial charge is 0.465 e. The van der Waals surface area contributed by atoms with Gasteiger partial charge in [-0.1, -0.05) is 12.1 Å². The molecule has 3 aromatic rings. The molecule has 27 heavy (non-hydrogen) atoms. The van der Waals surface area contributed by atoms with Crippen LogP contribution in [-0.2, 0) is 17.7 Å². The van der Waals surface area contributed by atoms with E-state index in [4.69, 9.17) is 4.74 Å². The summed E-state index contributed by atoms with van der Waals surface area (Å²) >= 11 is 0. The van der Waals surface area contributed by atoms with Crippen molar-refractivity contribution < 1.29 is 27.4 Å². The van der Waals surface area contributed by atoms with Crippen molar-refractivity contribution in [1.29, 1.82) is 0 Å². The third-order valence-electron chi connectivity index (χ3n) is 4.27. The van der Waals surface area contributed by atoms with Crippen LogP contribution in [0.25, 0.3) is 10.9 Å². The van der Waals surface area contributed by atoms with Gasteiger partial charge in [-0.25, -0.2) is 4.79 Å². The zero-order valence-electron chi connectivity index (χ0n) is 14.8. The Kier molecular flexibility index (Phi) is 5.12. The van der Waals surface area contributed by atoms with Crippen LogP contribution in [0.4, 0.5) is 13.2 Å². The summed E-state index contributed by atoms with van der Waals surface area (Å²) in [5.74, 6) is -0.645. The van der Waals surface area contributed by atoms with Gasteiger partial charge >= 0.3 is 12.3 Å². The van der Waals surface area contributed by atoms with Crippen LogP contribution in [0.1, 0.15) is 28.5 Å². The summed E-state index contributed by atoms with van der Waals surface area (Å²) in [6.07, 6.45) is -4.16. The van der Waals surface area contributed by atoms with Gasteiger partial charge in [0.1, 0.15) is 5.75 Å². The zero-order chi connectivity index (χ0) is 19.6. The number of ether oxygens (including phenoxy) is 2. The zero-order valence-corrected chi connectivity index (χ0v) is 14.8. The van der Waals surface area contributed by atoms with E-state index in [-0.39, 0.29) is 5.75 Å². The molecule has 0 unspecified atom stereocenters. The molecule has 0 saturated heterocycles. The van der Waals surface area contributed by atoms with Crippen LogP contribution in [0.5, 0.6) is 5.75 Å². The number of hydrogen-bond donors (Lipinski definition) is 0. The predicted octanol–water partition coefficient (Wildman–Crippen LogP) is 4.94. The molecule has 0 spiro atoms. The molecule has 2 aromatic carbocycles. The minimum absolute atomic E-state index is 0.245. The van der Waals surface area contributed by atoms with Crippen LogP contribution >= 0.6 is 0 Å². The first kappa shape index (κ1) is 18.8. The molecule has 1 heterocycles. The molecule has 0 saturated carbocycles. The monoisotopic (exact) mass is 377 g/mol. The van der Waals surface area contributed by atoms with Crippen LogP contribution in [0.2, 0.25) is 0 Å². The van der Waals surface area contributed by atoms with Crippen molar-refractivity contribution in [2.24, 2.45) is 0 Å². The molecule has 0 amide bonds. The first-order valence-corrected chi connectivity index (χ1v) is 8.36. The maximum Gasteiger partial charge on any atom is 0.573 e. The fourth-order valence-electron chi connectivity index (χ4n) is 3.11. The fraction of sp³-hybridized carbons (Fsp3) is 0.250. The van der Waals surface area contributed by atoms with Gasteiger partial charge in [0, 0.05) is 29.6 Å². The van der Waals surface area contributed by atoms with E-state index in [1.807, 2.05) is 19.1 Å². The second-order valence-corrected chi connectivity index (χ2v) is 6.01. The summed E-state index contributed by atoms with van der Waals surface area (Å²) in [6, 6.07) is 13.2. The standard InChI is InChI=1S/C20H18F3NO3/c1-3-24-16(10-13-4-7-17(8-5-13)27-20(21,22)23)12-15-11-14(19(25)26-2)6-9-18(15)24/h4-9,11-12H,3,10H2,1-2H3. The van der Waals surface area contributed by atoms with Gasteiger partial charge in [-0.3, -0.25) is 0 Å². The SMILES string of the molecule is CCn1c(Cc2ccc(OC(F)(F)F)cc2)cc2cc(C(=O)OC)ccc21. The summed E-state index contributed by atoms with van der Waals surface area (Å²) in [6.45, 7) is 2.74. The molecule has 0 fully saturated rings. The summed E-state index contributed by atoms with van der Waals surface area (Å²) in [5, 5.41) is 0.909. The molecule has 142 valence electrons. The summed E-state index contributed by atoms with van der Waals surface area (Å²) in [7, 11) is 1.33. The number of hydrogen-bond acceptors (Lipinski definition) is 3. The van der Waals surface area contributed by atoms with E-state index in [0.29, 0.717) is 12.0 Å². The van der Waals surface area contributed by atoms with E-state index in [9.17, 15) is 18.0 Å². The lowest BCUT2D eigenvalue weighted by atomic mass is 10.1. The van der Waals surface area contributed by atoms with E-state index in [2.05, 4.69) is 9.30 Å². The number of alkyl halides is 3. The second kappa shape index (κ2) is 7.34. The summed E-state index contributed by atoms with van der Waals surface area (Å²) in [5.41, 5.74) is 3.31. The first-order chi connectivity index (χ1) is 12.8. The highest BCUT2D eigenvalue weighted by atomic mass is 19.4. The largest absolute Gasteiger partial charge is 0.573 e. The molecule has 7 heteroatoms. The van der Waals surface area contributed by atoms with E-state index in [1.54, 1.807) is 24.3 Å². The minimum atomic E-state index is -4.70. The van der Waals surface area contributed by atoms with Crippen LogP contribution in [0, 0.1) is 0 Å². The number of halogens is 3. The maximum absolute atomic E-state index is 12.3. The molecule has 3 rings (SSSR count). The number of carbonyl (C=O) groups excluding carboxylic acids is 1. The third-order valence-corrected chi connectivity index (χ3v) is 4.27. The summed E-state index contributed by atoms with van der Waals surface area (Å²) < 4.78 is 47.5. The Balaban J connectivity index is 1.88. The molecule has 0 N–H and O–H groups in total. The van der Waals surface area contributed by atoms with Crippen molar-refractivity contribution in [3.63, 3.8) is 0 Å². The van der Waals surface area contributed by atoms with Crippen molar-refractivity contribution >= 4 is 16.9 Å². The molecule has 1 aromatic heterocycles. The lowest BCUT2D eigenvalue weighted by molar-refractivity contribution is -0.274. The van der Waals surface area contributed by atoms with E-state index < -0.39 is 12.3 Å². The number of methoxy groups -OCH3 is 1.